The van der Waals surface area contributed by atoms with E-state index in [0.29, 0.717) is 0 Å². The van der Waals surface area contributed by atoms with Crippen LogP contribution in [0, 0.1) is 0 Å². The molecule has 7 nitrogen and oxygen atoms in total. The fourth-order valence-corrected chi connectivity index (χ4v) is 1.09. The average Bonchev–Trinajstić information content (AvgIpc) is 2.47. The van der Waals surface area contributed by atoms with Crippen LogP contribution in [0.5, 0.6) is 0 Å². The molecule has 0 spiro atoms. The van der Waals surface area contributed by atoms with Crippen LogP contribution in [-0.4, -0.2) is 56.2 Å². The van der Waals surface area contributed by atoms with Crippen molar-refractivity contribution in [1.82, 2.24) is 5.32 Å². The van der Waals surface area contributed by atoms with Gasteiger partial charge in [0.05, 0.1) is 19.2 Å². The summed E-state index contributed by atoms with van der Waals surface area (Å²) in [5, 5.41) is 11.8. The molecule has 0 aromatic carbocycles. The number of hydrogen-bond donors (Lipinski definition) is 2. The largest absolute Gasteiger partial charge is 0.466 e. The SMILES string of the molecule is C=C(C(=O)OC)C(O)CNC(=O)OC(C)(C)C.C=CCCOC. The van der Waals surface area contributed by atoms with E-state index in [9.17, 15) is 14.7 Å². The highest BCUT2D eigenvalue weighted by Gasteiger charge is 2.20. The van der Waals surface area contributed by atoms with Crippen LogP contribution in [0.1, 0.15) is 27.2 Å². The second kappa shape index (κ2) is 12.7. The van der Waals surface area contributed by atoms with E-state index in [0.717, 1.165) is 13.0 Å². The van der Waals surface area contributed by atoms with Gasteiger partial charge in [-0.2, -0.15) is 0 Å². The van der Waals surface area contributed by atoms with Gasteiger partial charge in [0.15, 0.2) is 0 Å². The first-order chi connectivity index (χ1) is 10.6. The van der Waals surface area contributed by atoms with Crippen molar-refractivity contribution in [2.24, 2.45) is 0 Å². The fraction of sp³-hybridized carbons (Fsp3) is 0.625. The van der Waals surface area contributed by atoms with E-state index in [1.807, 2.05) is 6.08 Å². The number of hydrogen-bond acceptors (Lipinski definition) is 6. The van der Waals surface area contributed by atoms with Crippen molar-refractivity contribution in [1.29, 1.82) is 0 Å². The number of alkyl carbamates (subject to hydrolysis) is 1. The predicted molar refractivity (Wildman–Crippen MR) is 88.1 cm³/mol. The number of ether oxygens (including phenoxy) is 3. The summed E-state index contributed by atoms with van der Waals surface area (Å²) >= 11 is 0. The van der Waals surface area contributed by atoms with Crippen molar-refractivity contribution in [3.8, 4) is 0 Å². The van der Waals surface area contributed by atoms with Gasteiger partial charge in [0, 0.05) is 13.7 Å². The summed E-state index contributed by atoms with van der Waals surface area (Å²) in [5.41, 5.74) is -0.738. The predicted octanol–water partition coefficient (Wildman–Crippen LogP) is 1.81. The van der Waals surface area contributed by atoms with Gasteiger partial charge in [0.2, 0.25) is 0 Å². The number of esters is 1. The lowest BCUT2D eigenvalue weighted by Crippen LogP contribution is -2.38. The van der Waals surface area contributed by atoms with Gasteiger partial charge in [-0.25, -0.2) is 9.59 Å². The first-order valence-electron chi connectivity index (χ1n) is 7.10. The van der Waals surface area contributed by atoms with Gasteiger partial charge in [-0.1, -0.05) is 12.7 Å². The van der Waals surface area contributed by atoms with Gasteiger partial charge >= 0.3 is 12.1 Å². The number of carbonyl (C=O) groups is 2. The molecule has 0 rings (SSSR count). The fourth-order valence-electron chi connectivity index (χ4n) is 1.09. The molecule has 1 unspecified atom stereocenters. The monoisotopic (exact) mass is 331 g/mol. The minimum absolute atomic E-state index is 0.122. The highest BCUT2D eigenvalue weighted by molar-refractivity contribution is 5.88. The van der Waals surface area contributed by atoms with E-state index in [2.05, 4.69) is 23.2 Å². The molecule has 0 aromatic rings. The quantitative estimate of drug-likeness (QED) is 0.320. The van der Waals surface area contributed by atoms with Gasteiger partial charge in [-0.05, 0) is 27.2 Å². The van der Waals surface area contributed by atoms with Crippen LogP contribution < -0.4 is 5.32 Å². The molecule has 0 aliphatic rings. The molecule has 0 saturated carbocycles. The molecule has 23 heavy (non-hydrogen) atoms. The second-order valence-corrected chi connectivity index (χ2v) is 5.49. The maximum Gasteiger partial charge on any atom is 0.407 e. The summed E-state index contributed by atoms with van der Waals surface area (Å²) in [6.45, 7) is 12.7. The average molecular weight is 331 g/mol. The highest BCUT2D eigenvalue weighted by Crippen LogP contribution is 2.07. The van der Waals surface area contributed by atoms with Crippen LogP contribution in [-0.2, 0) is 19.0 Å². The summed E-state index contributed by atoms with van der Waals surface area (Å²) in [4.78, 5) is 22.2. The Hall–Kier alpha value is -1.86. The number of nitrogens with one attached hydrogen (secondary N) is 1. The van der Waals surface area contributed by atoms with Crippen molar-refractivity contribution >= 4 is 12.1 Å². The Kier molecular flexibility index (Phi) is 12.9. The zero-order valence-corrected chi connectivity index (χ0v) is 14.7. The van der Waals surface area contributed by atoms with Crippen molar-refractivity contribution in [2.75, 3.05) is 27.4 Å². The molecule has 1 amide bonds. The molecular formula is C16H29NO6. The molecule has 2 N–H and O–H groups in total. The Morgan fingerprint density at radius 1 is 1.30 bits per heavy atom. The van der Waals surface area contributed by atoms with Gasteiger partial charge in [0.25, 0.3) is 0 Å². The van der Waals surface area contributed by atoms with Crippen molar-refractivity contribution in [3.05, 3.63) is 24.8 Å². The zero-order valence-electron chi connectivity index (χ0n) is 14.7. The molecule has 0 aromatic heterocycles. The molecule has 0 bridgehead atoms. The van der Waals surface area contributed by atoms with E-state index in [4.69, 9.17) is 9.47 Å². The van der Waals surface area contributed by atoms with Crippen LogP contribution in [0.3, 0.4) is 0 Å². The molecular weight excluding hydrogens is 302 g/mol. The number of aliphatic hydroxyl groups excluding tert-OH is 1. The van der Waals surface area contributed by atoms with Gasteiger partial charge < -0.3 is 24.6 Å². The van der Waals surface area contributed by atoms with E-state index >= 15 is 0 Å². The third-order valence-electron chi connectivity index (χ3n) is 2.21. The lowest BCUT2D eigenvalue weighted by atomic mass is 10.2. The zero-order chi connectivity index (χ0) is 18.5. The topological polar surface area (TPSA) is 94.1 Å². The molecule has 7 heteroatoms. The summed E-state index contributed by atoms with van der Waals surface area (Å²) in [6.07, 6.45) is 0.921. The van der Waals surface area contributed by atoms with Crippen LogP contribution in [0.2, 0.25) is 0 Å². The Morgan fingerprint density at radius 2 is 1.87 bits per heavy atom. The standard InChI is InChI=1S/C11H19NO5.C5H10O/c1-7(9(14)16-5)8(13)6-12-10(15)17-11(2,3)4;1-3-4-5-6-2/h8,13H,1,6H2,2-5H3,(H,12,15);3H,1,4-5H2,2H3. The maximum absolute atomic E-state index is 11.2. The molecule has 0 fully saturated rings. The summed E-state index contributed by atoms with van der Waals surface area (Å²) < 4.78 is 14.0. The van der Waals surface area contributed by atoms with E-state index in [1.165, 1.54) is 7.11 Å². The van der Waals surface area contributed by atoms with Gasteiger partial charge in [-0.15, -0.1) is 6.58 Å². The molecule has 1 atom stereocenters. The Morgan fingerprint density at radius 3 is 2.22 bits per heavy atom. The lowest BCUT2D eigenvalue weighted by Gasteiger charge is -2.20. The molecule has 134 valence electrons. The number of aliphatic hydroxyl groups is 1. The third-order valence-corrected chi connectivity index (χ3v) is 2.21. The molecule has 0 aliphatic heterocycles. The molecule has 0 radical (unpaired) electrons. The molecule has 0 heterocycles. The van der Waals surface area contributed by atoms with E-state index in [1.54, 1.807) is 27.9 Å². The summed E-state index contributed by atoms with van der Waals surface area (Å²) in [6, 6.07) is 0. The molecule has 0 saturated heterocycles. The van der Waals surface area contributed by atoms with Crippen molar-refractivity contribution in [2.45, 2.75) is 38.9 Å². The van der Waals surface area contributed by atoms with Crippen molar-refractivity contribution in [3.63, 3.8) is 0 Å². The smallest absolute Gasteiger partial charge is 0.407 e. The van der Waals surface area contributed by atoms with Crippen LogP contribution in [0.15, 0.2) is 24.8 Å². The van der Waals surface area contributed by atoms with Crippen LogP contribution >= 0.6 is 0 Å². The van der Waals surface area contributed by atoms with E-state index < -0.39 is 23.8 Å². The highest BCUT2D eigenvalue weighted by atomic mass is 16.6. The molecule has 0 aliphatic carbocycles. The first kappa shape index (κ1) is 23.4. The Bertz CT molecular complexity index is 387. The first-order valence-corrected chi connectivity index (χ1v) is 7.10. The number of methoxy groups -OCH3 is 2. The minimum Gasteiger partial charge on any atom is -0.466 e. The Labute approximate surface area is 138 Å². The van der Waals surface area contributed by atoms with Gasteiger partial charge in [0.1, 0.15) is 11.7 Å². The summed E-state index contributed by atoms with van der Waals surface area (Å²) in [5.74, 6) is -0.719. The number of rotatable bonds is 7. The number of amides is 1. The lowest BCUT2D eigenvalue weighted by molar-refractivity contribution is -0.137. The number of carbonyl (C=O) groups excluding carboxylic acids is 2. The summed E-state index contributed by atoms with van der Waals surface area (Å²) in [7, 11) is 2.87. The Balaban J connectivity index is 0. The van der Waals surface area contributed by atoms with Crippen LogP contribution in [0.25, 0.3) is 0 Å². The minimum atomic E-state index is -1.20. The van der Waals surface area contributed by atoms with E-state index in [-0.39, 0.29) is 12.1 Å². The second-order valence-electron chi connectivity index (χ2n) is 5.49. The third kappa shape index (κ3) is 14.8. The van der Waals surface area contributed by atoms with Crippen molar-refractivity contribution < 1.29 is 28.9 Å². The van der Waals surface area contributed by atoms with Gasteiger partial charge in [-0.3, -0.25) is 0 Å². The maximum atomic E-state index is 11.2. The van der Waals surface area contributed by atoms with Crippen LogP contribution in [0.4, 0.5) is 4.79 Å². The normalized spacial score (nSPS) is 11.4.